The van der Waals surface area contributed by atoms with Crippen LogP contribution >= 0.6 is 0 Å². The van der Waals surface area contributed by atoms with Gasteiger partial charge in [0.25, 0.3) is 0 Å². The Hall–Kier alpha value is -0.120. The zero-order valence-corrected chi connectivity index (χ0v) is 14.5. The number of likely N-dealkylation sites (tertiary alicyclic amines) is 1. The van der Waals surface area contributed by atoms with Gasteiger partial charge in [-0.2, -0.15) is 0 Å². The first kappa shape index (κ1) is 17.9. The summed E-state index contributed by atoms with van der Waals surface area (Å²) in [5.74, 6) is 1.61. The molecular weight excluding hydrogens is 246 g/mol. The lowest BCUT2D eigenvalue weighted by Crippen LogP contribution is -2.54. The summed E-state index contributed by atoms with van der Waals surface area (Å²) >= 11 is 0. The fourth-order valence-corrected chi connectivity index (χ4v) is 3.57. The Balaban J connectivity index is 2.61. The summed E-state index contributed by atoms with van der Waals surface area (Å²) in [6.45, 7) is 11.5. The zero-order chi connectivity index (χ0) is 15.2. The Morgan fingerprint density at radius 2 is 1.90 bits per heavy atom. The molecule has 120 valence electrons. The fraction of sp³-hybridized carbons (Fsp3) is 1.00. The molecule has 0 radical (unpaired) electrons. The molecule has 0 saturated carbocycles. The summed E-state index contributed by atoms with van der Waals surface area (Å²) < 4.78 is 0. The molecule has 1 saturated heterocycles. The number of nitrogens with zero attached hydrogens (tertiary/aromatic N) is 2. The zero-order valence-electron chi connectivity index (χ0n) is 14.5. The van der Waals surface area contributed by atoms with E-state index in [1.165, 1.54) is 45.3 Å². The van der Waals surface area contributed by atoms with Gasteiger partial charge in [0.05, 0.1) is 0 Å². The van der Waals surface area contributed by atoms with Crippen molar-refractivity contribution in [2.75, 3.05) is 40.3 Å². The van der Waals surface area contributed by atoms with E-state index in [9.17, 15) is 0 Å². The molecule has 20 heavy (non-hydrogen) atoms. The molecule has 2 N–H and O–H groups in total. The van der Waals surface area contributed by atoms with E-state index < -0.39 is 0 Å². The lowest BCUT2D eigenvalue weighted by Gasteiger charge is -2.44. The van der Waals surface area contributed by atoms with E-state index in [0.717, 1.165) is 24.8 Å². The maximum Gasteiger partial charge on any atom is 0.0328 e. The minimum absolute atomic E-state index is 0.207. The average molecular weight is 284 g/mol. The van der Waals surface area contributed by atoms with E-state index >= 15 is 0 Å². The summed E-state index contributed by atoms with van der Waals surface area (Å²) in [5, 5.41) is 0. The number of likely N-dealkylation sites (N-methyl/N-ethyl adjacent to an activating group) is 1. The molecule has 1 rings (SSSR count). The lowest BCUT2D eigenvalue weighted by atomic mass is 9.82. The van der Waals surface area contributed by atoms with Gasteiger partial charge in [-0.05, 0) is 64.7 Å². The molecule has 3 nitrogen and oxygen atoms in total. The number of hydrogen-bond donors (Lipinski definition) is 1. The van der Waals surface area contributed by atoms with E-state index in [-0.39, 0.29) is 5.54 Å². The highest BCUT2D eigenvalue weighted by Gasteiger charge is 2.34. The Kier molecular flexibility index (Phi) is 7.49. The molecule has 2 atom stereocenters. The van der Waals surface area contributed by atoms with Gasteiger partial charge in [-0.25, -0.2) is 0 Å². The molecule has 0 amide bonds. The smallest absolute Gasteiger partial charge is 0.0328 e. The molecular formula is C17H37N3. The highest BCUT2D eigenvalue weighted by molar-refractivity contribution is 4.91. The van der Waals surface area contributed by atoms with E-state index in [2.05, 4.69) is 44.7 Å². The predicted octanol–water partition coefficient (Wildman–Crippen LogP) is 2.80. The van der Waals surface area contributed by atoms with Gasteiger partial charge < -0.3 is 10.6 Å². The minimum Gasteiger partial charge on any atom is -0.329 e. The quantitative estimate of drug-likeness (QED) is 0.743. The number of rotatable bonds is 8. The summed E-state index contributed by atoms with van der Waals surface area (Å²) in [6, 6.07) is 0. The van der Waals surface area contributed by atoms with Gasteiger partial charge >= 0.3 is 0 Å². The molecule has 1 aliphatic rings. The van der Waals surface area contributed by atoms with Crippen molar-refractivity contribution in [1.82, 2.24) is 9.80 Å². The van der Waals surface area contributed by atoms with Crippen molar-refractivity contribution in [2.45, 2.75) is 58.4 Å². The van der Waals surface area contributed by atoms with Crippen molar-refractivity contribution in [3.05, 3.63) is 0 Å². The largest absolute Gasteiger partial charge is 0.329 e. The van der Waals surface area contributed by atoms with Crippen LogP contribution in [0.15, 0.2) is 0 Å². The van der Waals surface area contributed by atoms with Crippen LogP contribution in [0.5, 0.6) is 0 Å². The first-order valence-corrected chi connectivity index (χ1v) is 8.57. The van der Waals surface area contributed by atoms with Crippen molar-refractivity contribution < 1.29 is 0 Å². The third-order valence-electron chi connectivity index (χ3n) is 5.64. The summed E-state index contributed by atoms with van der Waals surface area (Å²) in [5.41, 5.74) is 6.41. The molecule has 1 heterocycles. The van der Waals surface area contributed by atoms with Gasteiger partial charge in [-0.1, -0.05) is 27.2 Å². The van der Waals surface area contributed by atoms with Crippen LogP contribution in [-0.4, -0.2) is 55.6 Å². The molecule has 1 aliphatic heterocycles. The van der Waals surface area contributed by atoms with Crippen LogP contribution in [0.1, 0.15) is 52.9 Å². The van der Waals surface area contributed by atoms with Crippen molar-refractivity contribution in [3.8, 4) is 0 Å². The van der Waals surface area contributed by atoms with Gasteiger partial charge in [-0.15, -0.1) is 0 Å². The van der Waals surface area contributed by atoms with E-state index in [4.69, 9.17) is 5.73 Å². The van der Waals surface area contributed by atoms with E-state index in [1.54, 1.807) is 0 Å². The highest BCUT2D eigenvalue weighted by Crippen LogP contribution is 2.29. The second-order valence-electron chi connectivity index (χ2n) is 7.13. The molecule has 2 unspecified atom stereocenters. The fourth-order valence-electron chi connectivity index (χ4n) is 3.57. The Labute approximate surface area is 126 Å². The van der Waals surface area contributed by atoms with Crippen LogP contribution in [0, 0.1) is 11.8 Å². The van der Waals surface area contributed by atoms with Crippen molar-refractivity contribution in [3.63, 3.8) is 0 Å². The monoisotopic (exact) mass is 283 g/mol. The molecule has 1 fully saturated rings. The summed E-state index contributed by atoms with van der Waals surface area (Å²) in [4.78, 5) is 5.04. The van der Waals surface area contributed by atoms with Crippen molar-refractivity contribution >= 4 is 0 Å². The van der Waals surface area contributed by atoms with Gasteiger partial charge in [0.1, 0.15) is 0 Å². The second-order valence-corrected chi connectivity index (χ2v) is 7.13. The first-order chi connectivity index (χ1) is 9.47. The van der Waals surface area contributed by atoms with Crippen molar-refractivity contribution in [2.24, 2.45) is 17.6 Å². The van der Waals surface area contributed by atoms with Crippen LogP contribution in [0.25, 0.3) is 0 Å². The van der Waals surface area contributed by atoms with Gasteiger partial charge in [0.15, 0.2) is 0 Å². The lowest BCUT2D eigenvalue weighted by molar-refractivity contribution is 0.0627. The molecule has 0 aromatic carbocycles. The highest BCUT2D eigenvalue weighted by atomic mass is 15.2. The topological polar surface area (TPSA) is 32.5 Å². The van der Waals surface area contributed by atoms with Crippen molar-refractivity contribution in [1.29, 1.82) is 0 Å². The maximum atomic E-state index is 6.20. The average Bonchev–Trinajstić information content (AvgIpc) is 2.46. The minimum atomic E-state index is 0.207. The number of hydrogen-bond acceptors (Lipinski definition) is 3. The third kappa shape index (κ3) is 4.71. The Morgan fingerprint density at radius 3 is 2.35 bits per heavy atom. The molecule has 0 spiro atoms. The Morgan fingerprint density at radius 1 is 1.30 bits per heavy atom. The van der Waals surface area contributed by atoms with E-state index in [1.807, 2.05) is 0 Å². The van der Waals surface area contributed by atoms with Crippen LogP contribution in [-0.2, 0) is 0 Å². The maximum absolute atomic E-state index is 6.20. The molecule has 0 aromatic heterocycles. The van der Waals surface area contributed by atoms with Gasteiger partial charge in [0.2, 0.25) is 0 Å². The first-order valence-electron chi connectivity index (χ1n) is 8.57. The molecule has 0 aliphatic carbocycles. The van der Waals surface area contributed by atoms with Crippen LogP contribution in [0.2, 0.25) is 0 Å². The second kappa shape index (κ2) is 8.35. The van der Waals surface area contributed by atoms with Crippen LogP contribution in [0.4, 0.5) is 0 Å². The predicted molar refractivity (Wildman–Crippen MR) is 89.0 cm³/mol. The Bertz CT molecular complexity index is 255. The van der Waals surface area contributed by atoms with Crippen LogP contribution in [0.3, 0.4) is 0 Å². The molecule has 0 bridgehead atoms. The third-order valence-corrected chi connectivity index (χ3v) is 5.64. The number of piperidine rings is 1. The summed E-state index contributed by atoms with van der Waals surface area (Å²) in [7, 11) is 4.54. The normalized spacial score (nSPS) is 22.9. The molecule has 0 aromatic rings. The molecule has 3 heteroatoms. The number of nitrogens with two attached hydrogens (primary N) is 1. The van der Waals surface area contributed by atoms with Gasteiger partial charge in [-0.3, -0.25) is 4.90 Å². The van der Waals surface area contributed by atoms with Gasteiger partial charge in [0, 0.05) is 18.6 Å². The summed E-state index contributed by atoms with van der Waals surface area (Å²) in [6.07, 6.45) is 6.34. The standard InChI is InChI=1S/C17H37N3/c1-6-15(3)12-17(7-2,14-18)20(5)13-16-8-10-19(4)11-9-16/h15-16H,6-14,18H2,1-5H3. The van der Waals surface area contributed by atoms with Crippen LogP contribution < -0.4 is 5.73 Å². The SMILES string of the molecule is CCC(C)CC(CC)(CN)N(C)CC1CCN(C)CC1. The van der Waals surface area contributed by atoms with E-state index in [0.29, 0.717) is 0 Å².